The fourth-order valence-corrected chi connectivity index (χ4v) is 1.93. The molecule has 0 radical (unpaired) electrons. The SMILES string of the molecule is CCc1nc(Br)cc(Nc2ccn(C(C)C)n2)n1. The molecule has 0 saturated carbocycles. The topological polar surface area (TPSA) is 55.6 Å². The zero-order chi connectivity index (χ0) is 13.1. The Balaban J connectivity index is 2.19. The molecule has 0 fully saturated rings. The molecular formula is C12H16BrN5. The first-order valence-corrected chi connectivity index (χ1v) is 6.73. The second-order valence-corrected chi connectivity index (χ2v) is 5.06. The molecule has 0 aliphatic carbocycles. The van der Waals surface area contributed by atoms with Crippen LogP contribution in [0.5, 0.6) is 0 Å². The molecule has 2 heterocycles. The fourth-order valence-electron chi connectivity index (χ4n) is 1.51. The quantitative estimate of drug-likeness (QED) is 0.880. The molecule has 0 amide bonds. The zero-order valence-corrected chi connectivity index (χ0v) is 12.3. The molecule has 0 aromatic carbocycles. The van der Waals surface area contributed by atoms with Gasteiger partial charge in [0.2, 0.25) is 0 Å². The van der Waals surface area contributed by atoms with Crippen LogP contribution in [0.25, 0.3) is 0 Å². The number of nitrogens with zero attached hydrogens (tertiary/aromatic N) is 4. The number of hydrogen-bond acceptors (Lipinski definition) is 4. The van der Waals surface area contributed by atoms with E-state index in [0.29, 0.717) is 6.04 Å². The van der Waals surface area contributed by atoms with Crippen molar-refractivity contribution in [3.63, 3.8) is 0 Å². The van der Waals surface area contributed by atoms with Crippen molar-refractivity contribution in [1.82, 2.24) is 19.7 Å². The molecule has 0 aliphatic rings. The highest BCUT2D eigenvalue weighted by Gasteiger charge is 2.05. The molecule has 2 rings (SSSR count). The average Bonchev–Trinajstić information content (AvgIpc) is 2.76. The van der Waals surface area contributed by atoms with Gasteiger partial charge < -0.3 is 5.32 Å². The standard InChI is InChI=1S/C12H16BrN5/c1-4-10-14-9(13)7-12(15-10)16-11-5-6-18(17-11)8(2)3/h5-8H,4H2,1-3H3,(H,14,15,16,17). The van der Waals surface area contributed by atoms with E-state index in [1.807, 2.05) is 29.9 Å². The van der Waals surface area contributed by atoms with Crippen molar-refractivity contribution in [2.45, 2.75) is 33.2 Å². The van der Waals surface area contributed by atoms with Crippen molar-refractivity contribution in [2.75, 3.05) is 5.32 Å². The lowest BCUT2D eigenvalue weighted by Gasteiger charge is -2.06. The molecule has 0 unspecified atom stereocenters. The number of anilines is 2. The van der Waals surface area contributed by atoms with Gasteiger partial charge in [-0.3, -0.25) is 4.68 Å². The van der Waals surface area contributed by atoms with E-state index in [9.17, 15) is 0 Å². The minimum Gasteiger partial charge on any atom is -0.323 e. The van der Waals surface area contributed by atoms with E-state index in [-0.39, 0.29) is 0 Å². The average molecular weight is 310 g/mol. The fraction of sp³-hybridized carbons (Fsp3) is 0.417. The first-order valence-electron chi connectivity index (χ1n) is 5.94. The highest BCUT2D eigenvalue weighted by molar-refractivity contribution is 9.10. The van der Waals surface area contributed by atoms with Crippen molar-refractivity contribution in [2.24, 2.45) is 0 Å². The number of hydrogen-bond donors (Lipinski definition) is 1. The molecular weight excluding hydrogens is 294 g/mol. The Hall–Kier alpha value is -1.43. The van der Waals surface area contributed by atoms with Gasteiger partial charge in [0.1, 0.15) is 16.2 Å². The Morgan fingerprint density at radius 1 is 1.33 bits per heavy atom. The summed E-state index contributed by atoms with van der Waals surface area (Å²) in [6.07, 6.45) is 2.75. The molecule has 0 saturated heterocycles. The third-order valence-corrected chi connectivity index (χ3v) is 2.86. The summed E-state index contributed by atoms with van der Waals surface area (Å²) in [5, 5.41) is 7.60. The first-order chi connectivity index (χ1) is 8.58. The second-order valence-electron chi connectivity index (χ2n) is 4.25. The summed E-state index contributed by atoms with van der Waals surface area (Å²) in [6.45, 7) is 6.21. The van der Waals surface area contributed by atoms with Gasteiger partial charge in [0.25, 0.3) is 0 Å². The van der Waals surface area contributed by atoms with Crippen LogP contribution in [0.2, 0.25) is 0 Å². The van der Waals surface area contributed by atoms with Gasteiger partial charge in [-0.1, -0.05) is 6.92 Å². The predicted octanol–water partition coefficient (Wildman–Crippen LogP) is 3.32. The van der Waals surface area contributed by atoms with E-state index < -0.39 is 0 Å². The first kappa shape index (κ1) is 13.0. The van der Waals surface area contributed by atoms with Crippen LogP contribution < -0.4 is 5.32 Å². The molecule has 96 valence electrons. The van der Waals surface area contributed by atoms with Crippen LogP contribution in [0.1, 0.15) is 32.6 Å². The third kappa shape index (κ3) is 3.07. The number of aromatic nitrogens is 4. The number of rotatable bonds is 4. The maximum absolute atomic E-state index is 4.42. The second kappa shape index (κ2) is 5.48. The summed E-state index contributed by atoms with van der Waals surface area (Å²) in [7, 11) is 0. The van der Waals surface area contributed by atoms with E-state index >= 15 is 0 Å². The van der Waals surface area contributed by atoms with Crippen molar-refractivity contribution >= 4 is 27.6 Å². The Morgan fingerprint density at radius 3 is 2.72 bits per heavy atom. The maximum Gasteiger partial charge on any atom is 0.153 e. The van der Waals surface area contributed by atoms with Crippen molar-refractivity contribution in [1.29, 1.82) is 0 Å². The van der Waals surface area contributed by atoms with Gasteiger partial charge in [0.05, 0.1) is 0 Å². The predicted molar refractivity (Wildman–Crippen MR) is 75.0 cm³/mol. The van der Waals surface area contributed by atoms with E-state index in [0.717, 1.165) is 28.5 Å². The summed E-state index contributed by atoms with van der Waals surface area (Å²) in [4.78, 5) is 8.67. The molecule has 6 heteroatoms. The lowest BCUT2D eigenvalue weighted by Crippen LogP contribution is -2.03. The highest BCUT2D eigenvalue weighted by atomic mass is 79.9. The Kier molecular flexibility index (Phi) is 3.96. The van der Waals surface area contributed by atoms with Gasteiger partial charge in [-0.15, -0.1) is 0 Å². The lowest BCUT2D eigenvalue weighted by atomic mass is 10.4. The highest BCUT2D eigenvalue weighted by Crippen LogP contribution is 2.17. The number of nitrogens with one attached hydrogen (secondary N) is 1. The summed E-state index contributed by atoms with van der Waals surface area (Å²) in [5.41, 5.74) is 0. The van der Waals surface area contributed by atoms with Crippen molar-refractivity contribution in [3.8, 4) is 0 Å². The summed E-state index contributed by atoms with van der Waals surface area (Å²) in [5.74, 6) is 2.34. The Morgan fingerprint density at radius 2 is 2.11 bits per heavy atom. The van der Waals surface area contributed by atoms with Gasteiger partial charge in [0, 0.05) is 30.8 Å². The van der Waals surface area contributed by atoms with Crippen LogP contribution in [-0.4, -0.2) is 19.7 Å². The minimum atomic E-state index is 0.351. The van der Waals surface area contributed by atoms with Gasteiger partial charge in [0.15, 0.2) is 5.82 Å². The molecule has 5 nitrogen and oxygen atoms in total. The molecule has 0 atom stereocenters. The summed E-state index contributed by atoms with van der Waals surface area (Å²) < 4.78 is 2.68. The van der Waals surface area contributed by atoms with E-state index in [1.165, 1.54) is 0 Å². The molecule has 2 aromatic rings. The Bertz CT molecular complexity index is 535. The monoisotopic (exact) mass is 309 g/mol. The molecule has 1 N–H and O–H groups in total. The molecule has 2 aromatic heterocycles. The molecule has 18 heavy (non-hydrogen) atoms. The van der Waals surface area contributed by atoms with Crippen molar-refractivity contribution < 1.29 is 0 Å². The van der Waals surface area contributed by atoms with Crippen LogP contribution in [0, 0.1) is 0 Å². The largest absolute Gasteiger partial charge is 0.323 e. The number of aryl methyl sites for hydroxylation is 1. The molecule has 0 aliphatic heterocycles. The van der Waals surface area contributed by atoms with Crippen LogP contribution in [0.4, 0.5) is 11.6 Å². The lowest BCUT2D eigenvalue weighted by molar-refractivity contribution is 0.534. The minimum absolute atomic E-state index is 0.351. The van der Waals surface area contributed by atoms with Gasteiger partial charge >= 0.3 is 0 Å². The van der Waals surface area contributed by atoms with Crippen LogP contribution in [-0.2, 0) is 6.42 Å². The summed E-state index contributed by atoms with van der Waals surface area (Å²) >= 11 is 3.38. The van der Waals surface area contributed by atoms with Crippen LogP contribution in [0.3, 0.4) is 0 Å². The van der Waals surface area contributed by atoms with Gasteiger partial charge in [-0.25, -0.2) is 9.97 Å². The smallest absolute Gasteiger partial charge is 0.153 e. The summed E-state index contributed by atoms with van der Waals surface area (Å²) in [6, 6.07) is 4.12. The zero-order valence-electron chi connectivity index (χ0n) is 10.7. The van der Waals surface area contributed by atoms with Crippen LogP contribution >= 0.6 is 15.9 Å². The van der Waals surface area contributed by atoms with Crippen LogP contribution in [0.15, 0.2) is 22.9 Å². The van der Waals surface area contributed by atoms with E-state index in [1.54, 1.807) is 0 Å². The maximum atomic E-state index is 4.42. The van der Waals surface area contributed by atoms with E-state index in [4.69, 9.17) is 0 Å². The molecule has 0 spiro atoms. The molecule has 0 bridgehead atoms. The third-order valence-electron chi connectivity index (χ3n) is 2.45. The normalized spacial score (nSPS) is 10.9. The van der Waals surface area contributed by atoms with Gasteiger partial charge in [-0.2, -0.15) is 5.10 Å². The van der Waals surface area contributed by atoms with E-state index in [2.05, 4.69) is 50.2 Å². The Labute approximate surface area is 115 Å². The van der Waals surface area contributed by atoms with Crippen molar-refractivity contribution in [3.05, 3.63) is 28.8 Å². The number of halogens is 1. The van der Waals surface area contributed by atoms with Gasteiger partial charge in [-0.05, 0) is 29.8 Å².